The van der Waals surface area contributed by atoms with Crippen LogP contribution in [0.2, 0.25) is 0 Å². The van der Waals surface area contributed by atoms with Gasteiger partial charge in [-0.2, -0.15) is 0 Å². The van der Waals surface area contributed by atoms with Gasteiger partial charge in [-0.3, -0.25) is 9.78 Å². The normalized spacial score (nSPS) is 14.5. The van der Waals surface area contributed by atoms with E-state index in [1.165, 1.54) is 6.92 Å². The first-order chi connectivity index (χ1) is 8.00. The first-order valence-electron chi connectivity index (χ1n) is 5.34. The molecule has 1 aromatic carbocycles. The largest absolute Gasteiger partial charge is 0.480 e. The summed E-state index contributed by atoms with van der Waals surface area (Å²) >= 11 is 0. The van der Waals surface area contributed by atoms with Crippen molar-refractivity contribution < 1.29 is 9.90 Å². The van der Waals surface area contributed by atoms with Crippen molar-refractivity contribution >= 4 is 16.7 Å². The van der Waals surface area contributed by atoms with E-state index in [0.29, 0.717) is 0 Å². The van der Waals surface area contributed by atoms with E-state index in [1.807, 2.05) is 24.3 Å². The molecule has 0 aliphatic heterocycles. The van der Waals surface area contributed by atoms with Crippen molar-refractivity contribution in [3.63, 3.8) is 0 Å². The number of aliphatic carboxylic acids is 1. The van der Waals surface area contributed by atoms with Crippen molar-refractivity contribution in [2.75, 3.05) is 0 Å². The Hall–Kier alpha value is -1.94. The number of fused-ring (bicyclic) bond motifs is 1. The molecule has 1 heterocycles. The van der Waals surface area contributed by atoms with E-state index < -0.39 is 11.5 Å². The fourth-order valence-electron chi connectivity index (χ4n) is 1.79. The number of pyridine rings is 1. The quantitative estimate of drug-likeness (QED) is 0.839. The Balaban J connectivity index is 2.46. The molecule has 1 aromatic heterocycles. The van der Waals surface area contributed by atoms with Crippen LogP contribution >= 0.6 is 0 Å². The second-order valence-electron chi connectivity index (χ2n) is 4.42. The number of rotatable bonds is 3. The highest BCUT2D eigenvalue weighted by Crippen LogP contribution is 2.20. The molecule has 0 aliphatic carbocycles. The molecule has 0 spiro atoms. The van der Waals surface area contributed by atoms with Gasteiger partial charge in [-0.1, -0.05) is 24.3 Å². The van der Waals surface area contributed by atoms with Gasteiger partial charge in [0.05, 0.1) is 0 Å². The van der Waals surface area contributed by atoms with Crippen LogP contribution in [0.15, 0.2) is 36.7 Å². The highest BCUT2D eigenvalue weighted by molar-refractivity contribution is 5.86. The second kappa shape index (κ2) is 4.14. The lowest BCUT2D eigenvalue weighted by Gasteiger charge is -2.19. The maximum Gasteiger partial charge on any atom is 0.323 e. The van der Waals surface area contributed by atoms with Crippen LogP contribution in [0.3, 0.4) is 0 Å². The number of carboxylic acid groups (broad SMARTS) is 1. The van der Waals surface area contributed by atoms with Gasteiger partial charge in [-0.25, -0.2) is 0 Å². The summed E-state index contributed by atoms with van der Waals surface area (Å²) in [6, 6.07) is 7.73. The zero-order valence-electron chi connectivity index (χ0n) is 9.55. The molecule has 1 atom stereocenters. The predicted octanol–water partition coefficient (Wildman–Crippen LogP) is 1.58. The molecule has 0 aliphatic rings. The Morgan fingerprint density at radius 3 is 2.82 bits per heavy atom. The number of aromatic nitrogens is 1. The average Bonchev–Trinajstić information content (AvgIpc) is 2.29. The molecule has 3 N–H and O–H groups in total. The molecule has 17 heavy (non-hydrogen) atoms. The van der Waals surface area contributed by atoms with Crippen molar-refractivity contribution in [3.8, 4) is 0 Å². The van der Waals surface area contributed by atoms with E-state index in [-0.39, 0.29) is 6.42 Å². The Labute approximate surface area is 99.1 Å². The van der Waals surface area contributed by atoms with Crippen molar-refractivity contribution in [2.24, 2.45) is 5.73 Å². The van der Waals surface area contributed by atoms with Gasteiger partial charge in [0.25, 0.3) is 0 Å². The van der Waals surface area contributed by atoms with E-state index in [0.717, 1.165) is 16.3 Å². The SMILES string of the molecule is CC(N)(Cc1cncc2ccccc12)C(=O)O. The summed E-state index contributed by atoms with van der Waals surface area (Å²) in [5.74, 6) is -1.01. The molecule has 2 aromatic rings. The molecular weight excluding hydrogens is 216 g/mol. The smallest absolute Gasteiger partial charge is 0.323 e. The van der Waals surface area contributed by atoms with Crippen LogP contribution in [0.25, 0.3) is 10.8 Å². The topological polar surface area (TPSA) is 76.2 Å². The molecule has 1 unspecified atom stereocenters. The van der Waals surface area contributed by atoms with Crippen LogP contribution in [0.1, 0.15) is 12.5 Å². The summed E-state index contributed by atoms with van der Waals surface area (Å²) in [4.78, 5) is 15.1. The molecular formula is C13H14N2O2. The fraction of sp³-hybridized carbons (Fsp3) is 0.231. The lowest BCUT2D eigenvalue weighted by atomic mass is 9.92. The number of carbonyl (C=O) groups is 1. The van der Waals surface area contributed by atoms with Gasteiger partial charge in [0.1, 0.15) is 5.54 Å². The van der Waals surface area contributed by atoms with Gasteiger partial charge < -0.3 is 10.8 Å². The Bertz CT molecular complexity index is 559. The minimum atomic E-state index is -1.27. The van der Waals surface area contributed by atoms with Gasteiger partial charge in [0, 0.05) is 24.2 Å². The minimum Gasteiger partial charge on any atom is -0.480 e. The zero-order valence-corrected chi connectivity index (χ0v) is 9.55. The standard InChI is InChI=1S/C13H14N2O2/c1-13(14,12(16)17)6-10-8-15-7-9-4-2-3-5-11(9)10/h2-5,7-8H,6,14H2,1H3,(H,16,17). The van der Waals surface area contributed by atoms with Crippen LogP contribution in [0.5, 0.6) is 0 Å². The maximum absolute atomic E-state index is 11.0. The highest BCUT2D eigenvalue weighted by atomic mass is 16.4. The molecule has 0 fully saturated rings. The molecule has 4 heteroatoms. The Kier molecular flexibility index (Phi) is 2.81. The zero-order chi connectivity index (χ0) is 12.5. The summed E-state index contributed by atoms with van der Waals surface area (Å²) in [5.41, 5.74) is 5.34. The highest BCUT2D eigenvalue weighted by Gasteiger charge is 2.28. The number of nitrogens with zero attached hydrogens (tertiary/aromatic N) is 1. The van der Waals surface area contributed by atoms with Crippen LogP contribution in [0.4, 0.5) is 0 Å². The molecule has 0 radical (unpaired) electrons. The van der Waals surface area contributed by atoms with E-state index >= 15 is 0 Å². The van der Waals surface area contributed by atoms with Crippen LogP contribution in [0, 0.1) is 0 Å². The Morgan fingerprint density at radius 1 is 1.41 bits per heavy atom. The molecule has 0 amide bonds. The van der Waals surface area contributed by atoms with Gasteiger partial charge in [-0.05, 0) is 17.9 Å². The minimum absolute atomic E-state index is 0.261. The first-order valence-corrected chi connectivity index (χ1v) is 5.34. The third-order valence-electron chi connectivity index (χ3n) is 2.80. The summed E-state index contributed by atoms with van der Waals surface area (Å²) in [5, 5.41) is 11.0. The predicted molar refractivity (Wildman–Crippen MR) is 65.7 cm³/mol. The number of benzene rings is 1. The summed E-state index contributed by atoms with van der Waals surface area (Å²) in [6.07, 6.45) is 3.69. The van der Waals surface area contributed by atoms with Crippen molar-refractivity contribution in [1.29, 1.82) is 0 Å². The average molecular weight is 230 g/mol. The summed E-state index contributed by atoms with van der Waals surface area (Å²) in [7, 11) is 0. The van der Waals surface area contributed by atoms with Crippen molar-refractivity contribution in [1.82, 2.24) is 4.98 Å². The van der Waals surface area contributed by atoms with Crippen molar-refractivity contribution in [3.05, 3.63) is 42.2 Å². The summed E-state index contributed by atoms with van der Waals surface area (Å²) < 4.78 is 0. The number of carboxylic acids is 1. The maximum atomic E-state index is 11.0. The van der Waals surface area contributed by atoms with E-state index in [4.69, 9.17) is 10.8 Å². The Morgan fingerprint density at radius 2 is 2.12 bits per heavy atom. The van der Waals surface area contributed by atoms with Gasteiger partial charge in [0.15, 0.2) is 0 Å². The third-order valence-corrected chi connectivity index (χ3v) is 2.80. The van der Waals surface area contributed by atoms with Gasteiger partial charge in [-0.15, -0.1) is 0 Å². The van der Waals surface area contributed by atoms with E-state index in [1.54, 1.807) is 12.4 Å². The number of hydrogen-bond donors (Lipinski definition) is 2. The molecule has 88 valence electrons. The lowest BCUT2D eigenvalue weighted by molar-refractivity contribution is -0.142. The summed E-state index contributed by atoms with van der Waals surface area (Å²) in [6.45, 7) is 1.51. The van der Waals surface area contributed by atoms with Gasteiger partial charge in [0.2, 0.25) is 0 Å². The van der Waals surface area contributed by atoms with Crippen LogP contribution < -0.4 is 5.73 Å². The second-order valence-corrected chi connectivity index (χ2v) is 4.42. The molecule has 0 saturated heterocycles. The van der Waals surface area contributed by atoms with E-state index in [2.05, 4.69) is 4.98 Å². The fourth-order valence-corrected chi connectivity index (χ4v) is 1.79. The van der Waals surface area contributed by atoms with Gasteiger partial charge >= 0.3 is 5.97 Å². The molecule has 2 rings (SSSR count). The van der Waals surface area contributed by atoms with Crippen molar-refractivity contribution in [2.45, 2.75) is 18.9 Å². The monoisotopic (exact) mass is 230 g/mol. The third kappa shape index (κ3) is 2.26. The van der Waals surface area contributed by atoms with E-state index in [9.17, 15) is 4.79 Å². The van der Waals surface area contributed by atoms with Crippen LogP contribution in [-0.2, 0) is 11.2 Å². The molecule has 0 saturated carbocycles. The lowest BCUT2D eigenvalue weighted by Crippen LogP contribution is -2.46. The number of nitrogens with two attached hydrogens (primary N) is 1. The molecule has 0 bridgehead atoms. The first kappa shape index (κ1) is 11.5. The molecule has 4 nitrogen and oxygen atoms in total. The van der Waals surface area contributed by atoms with Crippen LogP contribution in [-0.4, -0.2) is 21.6 Å². The number of hydrogen-bond acceptors (Lipinski definition) is 3.